The lowest BCUT2D eigenvalue weighted by Crippen LogP contribution is -2.35. The molecule has 0 N–H and O–H groups in total. The number of pyridine rings is 1. The fraction of sp³-hybridized carbons (Fsp3) is 0.500. The maximum Gasteiger partial charge on any atom is 0.307 e. The van der Waals surface area contributed by atoms with Crippen molar-refractivity contribution in [1.82, 2.24) is 9.88 Å². The second-order valence-corrected chi connectivity index (χ2v) is 4.08. The summed E-state index contributed by atoms with van der Waals surface area (Å²) in [5.41, 5.74) is 0.542. The van der Waals surface area contributed by atoms with Crippen LogP contribution in [0.15, 0.2) is 24.5 Å². The highest BCUT2D eigenvalue weighted by Gasteiger charge is 2.16. The normalized spacial score (nSPS) is 10.1. The third kappa shape index (κ3) is 5.36. The molecule has 110 valence electrons. The number of hydrogen-bond acceptors (Lipinski definition) is 5. The van der Waals surface area contributed by atoms with Crippen molar-refractivity contribution in [3.63, 3.8) is 0 Å². The van der Waals surface area contributed by atoms with E-state index in [0.29, 0.717) is 31.9 Å². The SMILES string of the molecule is CCOC(=O)CCN(CCOC)C(=O)c1ccncc1. The molecule has 0 radical (unpaired) electrons. The second kappa shape index (κ2) is 9.03. The number of carbonyl (C=O) groups is 2. The molecule has 0 atom stereocenters. The summed E-state index contributed by atoms with van der Waals surface area (Å²) >= 11 is 0. The Hall–Kier alpha value is -1.95. The molecule has 1 rings (SSSR count). The van der Waals surface area contributed by atoms with E-state index in [4.69, 9.17) is 9.47 Å². The monoisotopic (exact) mass is 280 g/mol. The quantitative estimate of drug-likeness (QED) is 0.668. The van der Waals surface area contributed by atoms with Crippen LogP contribution in [0, 0.1) is 0 Å². The van der Waals surface area contributed by atoms with E-state index in [1.807, 2.05) is 0 Å². The largest absolute Gasteiger partial charge is 0.466 e. The van der Waals surface area contributed by atoms with Gasteiger partial charge in [0.05, 0.1) is 19.6 Å². The van der Waals surface area contributed by atoms with Crippen LogP contribution in [0.4, 0.5) is 0 Å². The highest BCUT2D eigenvalue weighted by molar-refractivity contribution is 5.94. The Balaban J connectivity index is 2.63. The van der Waals surface area contributed by atoms with Crippen molar-refractivity contribution in [3.05, 3.63) is 30.1 Å². The molecule has 20 heavy (non-hydrogen) atoms. The molecule has 6 nitrogen and oxygen atoms in total. The summed E-state index contributed by atoms with van der Waals surface area (Å²) in [4.78, 5) is 29.1. The van der Waals surface area contributed by atoms with Gasteiger partial charge in [-0.1, -0.05) is 0 Å². The van der Waals surface area contributed by atoms with E-state index in [2.05, 4.69) is 4.98 Å². The van der Waals surface area contributed by atoms with Gasteiger partial charge in [0.2, 0.25) is 0 Å². The Morgan fingerprint density at radius 1 is 1.25 bits per heavy atom. The highest BCUT2D eigenvalue weighted by Crippen LogP contribution is 2.05. The van der Waals surface area contributed by atoms with Gasteiger partial charge in [-0.25, -0.2) is 0 Å². The summed E-state index contributed by atoms with van der Waals surface area (Å²) in [7, 11) is 1.57. The van der Waals surface area contributed by atoms with Crippen molar-refractivity contribution in [2.75, 3.05) is 33.4 Å². The molecule has 0 saturated heterocycles. The van der Waals surface area contributed by atoms with Gasteiger partial charge >= 0.3 is 5.97 Å². The second-order valence-electron chi connectivity index (χ2n) is 4.08. The predicted octanol–water partition coefficient (Wildman–Crippen LogP) is 1.12. The number of methoxy groups -OCH3 is 1. The standard InChI is InChI=1S/C14H20N2O4/c1-3-20-13(17)6-9-16(10-11-19-2)14(18)12-4-7-15-8-5-12/h4-5,7-8H,3,6,9-11H2,1-2H3. The number of hydrogen-bond donors (Lipinski definition) is 0. The van der Waals surface area contributed by atoms with Gasteiger partial charge in [-0.05, 0) is 19.1 Å². The molecule has 1 amide bonds. The highest BCUT2D eigenvalue weighted by atomic mass is 16.5. The lowest BCUT2D eigenvalue weighted by Gasteiger charge is -2.22. The van der Waals surface area contributed by atoms with Gasteiger partial charge in [0, 0.05) is 38.2 Å². The van der Waals surface area contributed by atoms with Gasteiger partial charge in [0.15, 0.2) is 0 Å². The Labute approximate surface area is 118 Å². The van der Waals surface area contributed by atoms with Crippen molar-refractivity contribution in [2.45, 2.75) is 13.3 Å². The number of nitrogens with zero attached hydrogens (tertiary/aromatic N) is 2. The van der Waals surface area contributed by atoms with Crippen LogP contribution in [0.25, 0.3) is 0 Å². The molecule has 1 heterocycles. The molecular formula is C14H20N2O4. The van der Waals surface area contributed by atoms with Crippen molar-refractivity contribution < 1.29 is 19.1 Å². The van der Waals surface area contributed by atoms with E-state index in [1.165, 1.54) is 0 Å². The van der Waals surface area contributed by atoms with Gasteiger partial charge < -0.3 is 14.4 Å². The number of aromatic nitrogens is 1. The summed E-state index contributed by atoms with van der Waals surface area (Å²) in [5, 5.41) is 0. The average Bonchev–Trinajstić information content (AvgIpc) is 2.48. The smallest absolute Gasteiger partial charge is 0.307 e. The first-order valence-electron chi connectivity index (χ1n) is 6.53. The lowest BCUT2D eigenvalue weighted by atomic mass is 10.2. The number of ether oxygens (including phenoxy) is 2. The average molecular weight is 280 g/mol. The number of amides is 1. The van der Waals surface area contributed by atoms with Crippen LogP contribution in [0.3, 0.4) is 0 Å². The number of carbonyl (C=O) groups excluding carboxylic acids is 2. The van der Waals surface area contributed by atoms with Gasteiger partial charge in [-0.2, -0.15) is 0 Å². The van der Waals surface area contributed by atoms with Crippen molar-refractivity contribution in [2.24, 2.45) is 0 Å². The molecule has 0 aromatic carbocycles. The first kappa shape index (κ1) is 16.1. The fourth-order valence-electron chi connectivity index (χ4n) is 1.65. The minimum absolute atomic E-state index is 0.145. The van der Waals surface area contributed by atoms with E-state index in [-0.39, 0.29) is 18.3 Å². The summed E-state index contributed by atoms with van der Waals surface area (Å²) in [6.07, 6.45) is 3.30. The Kier molecular flexibility index (Phi) is 7.27. The molecule has 0 fully saturated rings. The predicted molar refractivity (Wildman–Crippen MR) is 73.3 cm³/mol. The van der Waals surface area contributed by atoms with E-state index in [1.54, 1.807) is 43.5 Å². The Morgan fingerprint density at radius 2 is 1.95 bits per heavy atom. The van der Waals surface area contributed by atoms with Crippen molar-refractivity contribution >= 4 is 11.9 Å². The summed E-state index contributed by atoms with van der Waals surface area (Å²) < 4.78 is 9.85. The minimum Gasteiger partial charge on any atom is -0.466 e. The topological polar surface area (TPSA) is 68.7 Å². The van der Waals surface area contributed by atoms with Crippen LogP contribution in [0.2, 0.25) is 0 Å². The van der Waals surface area contributed by atoms with Gasteiger partial charge in [-0.3, -0.25) is 14.6 Å². The zero-order valence-electron chi connectivity index (χ0n) is 11.9. The molecule has 0 unspecified atom stereocenters. The third-order valence-corrected chi connectivity index (χ3v) is 2.67. The van der Waals surface area contributed by atoms with Crippen LogP contribution in [0.1, 0.15) is 23.7 Å². The summed E-state index contributed by atoms with van der Waals surface area (Å²) in [5.74, 6) is -0.453. The molecule has 0 aliphatic heterocycles. The Morgan fingerprint density at radius 3 is 2.55 bits per heavy atom. The molecule has 0 bridgehead atoms. The van der Waals surface area contributed by atoms with Crippen molar-refractivity contribution in [3.8, 4) is 0 Å². The van der Waals surface area contributed by atoms with Crippen LogP contribution in [-0.2, 0) is 14.3 Å². The van der Waals surface area contributed by atoms with Crippen LogP contribution < -0.4 is 0 Å². The minimum atomic E-state index is -0.308. The first-order chi connectivity index (χ1) is 9.69. The Bertz CT molecular complexity index is 422. The molecule has 6 heteroatoms. The van der Waals surface area contributed by atoms with Crippen molar-refractivity contribution in [1.29, 1.82) is 0 Å². The van der Waals surface area contributed by atoms with E-state index < -0.39 is 0 Å². The summed E-state index contributed by atoms with van der Waals surface area (Å²) in [6, 6.07) is 3.29. The van der Waals surface area contributed by atoms with Crippen LogP contribution in [0.5, 0.6) is 0 Å². The molecule has 0 aliphatic carbocycles. The fourth-order valence-corrected chi connectivity index (χ4v) is 1.65. The van der Waals surface area contributed by atoms with E-state index in [9.17, 15) is 9.59 Å². The molecule has 1 aromatic rings. The van der Waals surface area contributed by atoms with E-state index >= 15 is 0 Å². The zero-order chi connectivity index (χ0) is 14.8. The van der Waals surface area contributed by atoms with Gasteiger partial charge in [0.25, 0.3) is 5.91 Å². The first-order valence-corrected chi connectivity index (χ1v) is 6.53. The maximum absolute atomic E-state index is 12.3. The zero-order valence-corrected chi connectivity index (χ0v) is 11.9. The van der Waals surface area contributed by atoms with Gasteiger partial charge in [-0.15, -0.1) is 0 Å². The van der Waals surface area contributed by atoms with Crippen LogP contribution in [-0.4, -0.2) is 55.2 Å². The molecule has 0 aliphatic rings. The maximum atomic E-state index is 12.3. The number of rotatable bonds is 8. The number of esters is 1. The van der Waals surface area contributed by atoms with E-state index in [0.717, 1.165) is 0 Å². The molecular weight excluding hydrogens is 260 g/mol. The molecule has 0 saturated carbocycles. The molecule has 1 aromatic heterocycles. The lowest BCUT2D eigenvalue weighted by molar-refractivity contribution is -0.143. The van der Waals surface area contributed by atoms with Crippen LogP contribution >= 0.6 is 0 Å². The summed E-state index contributed by atoms with van der Waals surface area (Å²) in [6.45, 7) is 3.25. The third-order valence-electron chi connectivity index (χ3n) is 2.67. The molecule has 0 spiro atoms. The van der Waals surface area contributed by atoms with Gasteiger partial charge in [0.1, 0.15) is 0 Å².